The molecule has 1 rings (SSSR count). The second-order valence-corrected chi connectivity index (χ2v) is 2.63. The Kier molecular flexibility index (Phi) is 2.54. The van der Waals surface area contributed by atoms with Crippen LogP contribution in [0, 0.1) is 0 Å². The van der Waals surface area contributed by atoms with Gasteiger partial charge in [-0.2, -0.15) is 0 Å². The van der Waals surface area contributed by atoms with Gasteiger partial charge in [-0.3, -0.25) is 4.99 Å². The molecule has 0 saturated carbocycles. The molecule has 0 aliphatic carbocycles. The minimum atomic E-state index is 0.833. The third-order valence-electron chi connectivity index (χ3n) is 1.42. The van der Waals surface area contributed by atoms with Crippen molar-refractivity contribution < 1.29 is 0 Å². The zero-order valence-corrected chi connectivity index (χ0v) is 7.23. The van der Waals surface area contributed by atoms with Crippen molar-refractivity contribution in [3.63, 3.8) is 0 Å². The molecule has 0 amide bonds. The highest BCUT2D eigenvalue weighted by Crippen LogP contribution is 2.26. The number of nitrogens with zero attached hydrogens (tertiary/aromatic N) is 1. The van der Waals surface area contributed by atoms with Gasteiger partial charge in [0.1, 0.15) is 0 Å². The first kappa shape index (κ1) is 8.14. The zero-order chi connectivity index (χ0) is 8.27. The van der Waals surface area contributed by atoms with E-state index in [2.05, 4.69) is 29.7 Å². The number of aliphatic imine (C=N–C) groups is 1. The van der Waals surface area contributed by atoms with E-state index in [1.807, 2.05) is 25.2 Å². The van der Waals surface area contributed by atoms with Gasteiger partial charge in [0.15, 0.2) is 0 Å². The summed E-state index contributed by atoms with van der Waals surface area (Å²) in [5.74, 6) is 0. The molecule has 0 aromatic heterocycles. The summed E-state index contributed by atoms with van der Waals surface area (Å²) in [7, 11) is 1.85. The Hall–Kier alpha value is -0.960. The van der Waals surface area contributed by atoms with Gasteiger partial charge in [-0.05, 0) is 24.9 Å². The van der Waals surface area contributed by atoms with Gasteiger partial charge in [0, 0.05) is 11.9 Å². The first-order valence-corrected chi connectivity index (χ1v) is 3.70. The number of anilines is 1. The minimum Gasteiger partial charge on any atom is -0.386 e. The van der Waals surface area contributed by atoms with Gasteiger partial charge < -0.3 is 5.32 Å². The molecule has 58 valence electrons. The molecule has 0 spiro atoms. The maximum Gasteiger partial charge on any atom is 0.0864 e. The molecule has 0 aliphatic heterocycles. The predicted molar refractivity (Wildman–Crippen MR) is 52.4 cm³/mol. The highest BCUT2D eigenvalue weighted by molar-refractivity contribution is 7.80. The second-order valence-electron chi connectivity index (χ2n) is 2.11. The molecule has 0 radical (unpaired) electrons. The molecular weight excluding hydrogens is 156 g/mol. The van der Waals surface area contributed by atoms with Crippen LogP contribution in [0.15, 0.2) is 28.1 Å². The van der Waals surface area contributed by atoms with E-state index in [1.54, 1.807) is 0 Å². The van der Waals surface area contributed by atoms with Crippen LogP contribution >= 0.6 is 12.6 Å². The smallest absolute Gasteiger partial charge is 0.0864 e. The summed E-state index contributed by atoms with van der Waals surface area (Å²) >= 11 is 4.18. The van der Waals surface area contributed by atoms with E-state index < -0.39 is 0 Å². The average Bonchev–Trinajstić information content (AvgIpc) is 2.04. The number of rotatable bonds is 2. The summed E-state index contributed by atoms with van der Waals surface area (Å²) in [4.78, 5) is 4.74. The van der Waals surface area contributed by atoms with E-state index >= 15 is 0 Å². The summed E-state index contributed by atoms with van der Waals surface area (Å²) in [5.41, 5.74) is 1.80. The maximum atomic E-state index is 4.18. The Morgan fingerprint density at radius 3 is 2.82 bits per heavy atom. The highest BCUT2D eigenvalue weighted by Gasteiger charge is 1.96. The molecule has 0 fully saturated rings. The fraction of sp³-hybridized carbons (Fsp3) is 0.125. The van der Waals surface area contributed by atoms with Crippen molar-refractivity contribution in [2.45, 2.75) is 4.90 Å². The van der Waals surface area contributed by atoms with Crippen LogP contribution in [0.5, 0.6) is 0 Å². The molecule has 3 heteroatoms. The van der Waals surface area contributed by atoms with Gasteiger partial charge in [-0.15, -0.1) is 12.6 Å². The van der Waals surface area contributed by atoms with Crippen LogP contribution in [0.3, 0.4) is 0 Å². The van der Waals surface area contributed by atoms with E-state index in [0.29, 0.717) is 0 Å². The third kappa shape index (κ3) is 1.74. The lowest BCUT2D eigenvalue weighted by Crippen LogP contribution is -1.87. The first-order chi connectivity index (χ1) is 5.27. The molecule has 0 heterocycles. The number of benzene rings is 1. The Morgan fingerprint density at radius 1 is 1.55 bits per heavy atom. The van der Waals surface area contributed by atoms with Crippen molar-refractivity contribution in [3.8, 4) is 0 Å². The van der Waals surface area contributed by atoms with Crippen molar-refractivity contribution >= 4 is 30.7 Å². The third-order valence-corrected chi connectivity index (χ3v) is 1.70. The van der Waals surface area contributed by atoms with E-state index in [-0.39, 0.29) is 0 Å². The summed E-state index contributed by atoms with van der Waals surface area (Å²) in [6.45, 7) is 3.46. The Morgan fingerprint density at radius 2 is 2.27 bits per heavy atom. The number of hydrogen-bond donors (Lipinski definition) is 2. The molecule has 0 aliphatic rings. The summed E-state index contributed by atoms with van der Waals surface area (Å²) in [6.07, 6.45) is 0. The lowest BCUT2D eigenvalue weighted by Gasteiger charge is -2.03. The Bertz CT molecular complexity index is 271. The van der Waals surface area contributed by atoms with Crippen LogP contribution in [0.25, 0.3) is 0 Å². The van der Waals surface area contributed by atoms with Gasteiger partial charge in [-0.25, -0.2) is 0 Å². The summed E-state index contributed by atoms with van der Waals surface area (Å²) < 4.78 is 0. The van der Waals surface area contributed by atoms with Gasteiger partial charge in [0.05, 0.1) is 11.4 Å². The van der Waals surface area contributed by atoms with Gasteiger partial charge in [-0.1, -0.05) is 0 Å². The second kappa shape index (κ2) is 3.44. The van der Waals surface area contributed by atoms with Gasteiger partial charge >= 0.3 is 0 Å². The first-order valence-electron chi connectivity index (χ1n) is 3.25. The molecular formula is C8H10N2S. The molecule has 11 heavy (non-hydrogen) atoms. The predicted octanol–water partition coefficient (Wildman–Crippen LogP) is 2.35. The number of hydrogen-bond acceptors (Lipinski definition) is 3. The Balaban J connectivity index is 3.16. The largest absolute Gasteiger partial charge is 0.386 e. The number of thiol groups is 1. The quantitative estimate of drug-likeness (QED) is 0.511. The van der Waals surface area contributed by atoms with Crippen LogP contribution in [0.2, 0.25) is 0 Å². The normalized spacial score (nSPS) is 9.27. The molecule has 1 N–H and O–H groups in total. The molecule has 0 saturated heterocycles. The van der Waals surface area contributed by atoms with Crippen molar-refractivity contribution in [2.24, 2.45) is 4.99 Å². The lowest BCUT2D eigenvalue weighted by atomic mass is 10.3. The lowest BCUT2D eigenvalue weighted by molar-refractivity contribution is 1.39. The fourth-order valence-corrected chi connectivity index (χ4v) is 1.06. The molecule has 1 aromatic rings. The van der Waals surface area contributed by atoms with E-state index in [0.717, 1.165) is 16.3 Å². The van der Waals surface area contributed by atoms with Crippen LogP contribution < -0.4 is 5.32 Å². The van der Waals surface area contributed by atoms with E-state index in [1.165, 1.54) is 0 Å². The number of nitrogens with one attached hydrogen (secondary N) is 1. The molecule has 0 bridgehead atoms. The average molecular weight is 166 g/mol. The van der Waals surface area contributed by atoms with Crippen LogP contribution in [-0.4, -0.2) is 13.8 Å². The van der Waals surface area contributed by atoms with Crippen LogP contribution in [0.4, 0.5) is 11.4 Å². The highest BCUT2D eigenvalue weighted by atomic mass is 32.1. The molecule has 0 atom stereocenters. The topological polar surface area (TPSA) is 24.4 Å². The van der Waals surface area contributed by atoms with Crippen LogP contribution in [0.1, 0.15) is 0 Å². The molecule has 0 unspecified atom stereocenters. The van der Waals surface area contributed by atoms with Gasteiger partial charge in [0.2, 0.25) is 0 Å². The van der Waals surface area contributed by atoms with E-state index in [4.69, 9.17) is 0 Å². The van der Waals surface area contributed by atoms with Crippen molar-refractivity contribution in [1.29, 1.82) is 0 Å². The fourth-order valence-electron chi connectivity index (χ4n) is 0.862. The zero-order valence-electron chi connectivity index (χ0n) is 6.33. The van der Waals surface area contributed by atoms with Crippen LogP contribution in [-0.2, 0) is 0 Å². The van der Waals surface area contributed by atoms with Crippen molar-refractivity contribution in [1.82, 2.24) is 0 Å². The van der Waals surface area contributed by atoms with Crippen molar-refractivity contribution in [2.75, 3.05) is 12.4 Å². The standard InChI is InChI=1S/C8H10N2S/c1-9-7-4-3-6(11)5-8(7)10-2/h3-5,9,11H,2H2,1H3. The maximum absolute atomic E-state index is 4.18. The molecule has 2 nitrogen and oxygen atoms in total. The molecule has 1 aromatic carbocycles. The Labute approximate surface area is 71.8 Å². The monoisotopic (exact) mass is 166 g/mol. The SMILES string of the molecule is C=Nc1cc(S)ccc1NC. The summed E-state index contributed by atoms with van der Waals surface area (Å²) in [5, 5.41) is 3.01. The van der Waals surface area contributed by atoms with E-state index in [9.17, 15) is 0 Å². The van der Waals surface area contributed by atoms with Crippen molar-refractivity contribution in [3.05, 3.63) is 18.2 Å². The minimum absolute atomic E-state index is 0.833. The summed E-state index contributed by atoms with van der Waals surface area (Å²) in [6, 6.07) is 5.69. The van der Waals surface area contributed by atoms with Gasteiger partial charge in [0.25, 0.3) is 0 Å².